The molecule has 0 saturated heterocycles. The molecule has 5 nitrogen and oxygen atoms in total. The third-order valence-corrected chi connectivity index (χ3v) is 4.75. The summed E-state index contributed by atoms with van der Waals surface area (Å²) in [6.07, 6.45) is 2.99. The van der Waals surface area contributed by atoms with E-state index in [9.17, 15) is 9.90 Å². The topological polar surface area (TPSA) is 74.5 Å². The first-order valence-corrected chi connectivity index (χ1v) is 8.41. The first-order valence-electron chi connectivity index (χ1n) is 7.53. The van der Waals surface area contributed by atoms with Gasteiger partial charge in [0.15, 0.2) is 0 Å². The predicted molar refractivity (Wildman–Crippen MR) is 92.7 cm³/mol. The van der Waals surface area contributed by atoms with Gasteiger partial charge in [-0.05, 0) is 23.1 Å². The summed E-state index contributed by atoms with van der Waals surface area (Å²) < 4.78 is 5.09. The molecule has 3 aromatic rings. The SMILES string of the molecule is O=C(NCc1ccccc1)NCC(O)(c1ccoc1)c1cccs1. The van der Waals surface area contributed by atoms with Gasteiger partial charge in [0, 0.05) is 17.0 Å². The van der Waals surface area contributed by atoms with Gasteiger partial charge in [0.1, 0.15) is 5.60 Å². The van der Waals surface area contributed by atoms with Crippen molar-refractivity contribution in [1.82, 2.24) is 10.6 Å². The summed E-state index contributed by atoms with van der Waals surface area (Å²) in [6, 6.07) is 14.7. The number of hydrogen-bond donors (Lipinski definition) is 3. The molecule has 0 radical (unpaired) electrons. The standard InChI is InChI=1S/C18H18N2O3S/c21-17(19-11-14-5-2-1-3-6-14)20-13-18(22,15-8-9-23-12-15)16-7-4-10-24-16/h1-10,12,22H,11,13H2,(H2,19,20,21). The van der Waals surface area contributed by atoms with Gasteiger partial charge < -0.3 is 20.2 Å². The summed E-state index contributed by atoms with van der Waals surface area (Å²) in [5.41, 5.74) is 0.301. The lowest BCUT2D eigenvalue weighted by Gasteiger charge is -2.26. The minimum atomic E-state index is -1.31. The van der Waals surface area contributed by atoms with Crippen molar-refractivity contribution in [2.75, 3.05) is 6.54 Å². The Morgan fingerprint density at radius 3 is 2.62 bits per heavy atom. The molecule has 1 aromatic carbocycles. The van der Waals surface area contributed by atoms with Crippen molar-refractivity contribution in [3.63, 3.8) is 0 Å². The molecule has 3 N–H and O–H groups in total. The van der Waals surface area contributed by atoms with Crippen molar-refractivity contribution < 1.29 is 14.3 Å². The maximum Gasteiger partial charge on any atom is 0.315 e. The highest BCUT2D eigenvalue weighted by Crippen LogP contribution is 2.32. The zero-order chi connectivity index (χ0) is 16.8. The molecule has 6 heteroatoms. The van der Waals surface area contributed by atoms with Crippen LogP contribution in [0, 0.1) is 0 Å². The van der Waals surface area contributed by atoms with Gasteiger partial charge in [-0.1, -0.05) is 36.4 Å². The lowest BCUT2D eigenvalue weighted by atomic mass is 9.94. The van der Waals surface area contributed by atoms with Gasteiger partial charge in [0.2, 0.25) is 0 Å². The van der Waals surface area contributed by atoms with E-state index in [2.05, 4.69) is 10.6 Å². The van der Waals surface area contributed by atoms with Crippen molar-refractivity contribution in [2.45, 2.75) is 12.1 Å². The highest BCUT2D eigenvalue weighted by Gasteiger charge is 2.34. The van der Waals surface area contributed by atoms with Crippen molar-refractivity contribution in [3.05, 3.63) is 82.4 Å². The number of nitrogens with one attached hydrogen (secondary N) is 2. The second-order valence-electron chi connectivity index (χ2n) is 5.37. The number of amides is 2. The number of furan rings is 1. The monoisotopic (exact) mass is 342 g/mol. The molecule has 0 aliphatic rings. The zero-order valence-electron chi connectivity index (χ0n) is 12.9. The van der Waals surface area contributed by atoms with Crippen LogP contribution in [0.5, 0.6) is 0 Å². The van der Waals surface area contributed by atoms with Crippen LogP contribution in [-0.4, -0.2) is 17.7 Å². The highest BCUT2D eigenvalue weighted by molar-refractivity contribution is 7.10. The third kappa shape index (κ3) is 3.67. The van der Waals surface area contributed by atoms with Crippen LogP contribution >= 0.6 is 11.3 Å². The van der Waals surface area contributed by atoms with Crippen molar-refractivity contribution >= 4 is 17.4 Å². The maximum atomic E-state index is 12.0. The van der Waals surface area contributed by atoms with E-state index in [1.54, 1.807) is 6.07 Å². The van der Waals surface area contributed by atoms with Crippen LogP contribution in [0.15, 0.2) is 70.9 Å². The van der Waals surface area contributed by atoms with Gasteiger partial charge in [-0.2, -0.15) is 0 Å². The molecule has 0 aliphatic carbocycles. The first kappa shape index (κ1) is 16.3. The number of urea groups is 1. The fourth-order valence-electron chi connectivity index (χ4n) is 2.39. The second kappa shape index (κ2) is 7.33. The van der Waals surface area contributed by atoms with E-state index >= 15 is 0 Å². The van der Waals surface area contributed by atoms with Gasteiger partial charge in [-0.15, -0.1) is 11.3 Å². The molecule has 1 atom stereocenters. The minimum absolute atomic E-state index is 0.0493. The van der Waals surface area contributed by atoms with Crippen LogP contribution in [0.1, 0.15) is 16.0 Å². The van der Waals surface area contributed by atoms with E-state index in [0.29, 0.717) is 12.1 Å². The fourth-order valence-corrected chi connectivity index (χ4v) is 3.24. The van der Waals surface area contributed by atoms with Crippen LogP contribution in [0.2, 0.25) is 0 Å². The van der Waals surface area contributed by atoms with Crippen LogP contribution in [0.3, 0.4) is 0 Å². The van der Waals surface area contributed by atoms with E-state index in [-0.39, 0.29) is 12.6 Å². The molecule has 0 bridgehead atoms. The molecule has 124 valence electrons. The molecule has 0 aliphatic heterocycles. The number of hydrogen-bond acceptors (Lipinski definition) is 4. The molecule has 2 aromatic heterocycles. The van der Waals surface area contributed by atoms with Crippen LogP contribution in [0.25, 0.3) is 0 Å². The Labute approximate surface area is 143 Å². The molecule has 24 heavy (non-hydrogen) atoms. The normalized spacial score (nSPS) is 13.2. The van der Waals surface area contributed by atoms with Gasteiger partial charge in [0.25, 0.3) is 0 Å². The summed E-state index contributed by atoms with van der Waals surface area (Å²) >= 11 is 1.43. The Hall–Kier alpha value is -2.57. The number of rotatable bonds is 6. The Kier molecular flexibility index (Phi) is 4.98. The summed E-state index contributed by atoms with van der Waals surface area (Å²) in [5, 5.41) is 18.5. The molecular weight excluding hydrogens is 324 g/mol. The molecule has 3 rings (SSSR count). The highest BCUT2D eigenvalue weighted by atomic mass is 32.1. The Bertz CT molecular complexity index is 721. The average molecular weight is 342 g/mol. The molecular formula is C18H18N2O3S. The molecule has 0 saturated carbocycles. The fraction of sp³-hybridized carbons (Fsp3) is 0.167. The van der Waals surface area contributed by atoms with E-state index in [0.717, 1.165) is 10.4 Å². The van der Waals surface area contributed by atoms with E-state index in [1.165, 1.54) is 23.9 Å². The molecule has 2 amide bonds. The lowest BCUT2D eigenvalue weighted by molar-refractivity contribution is 0.0852. The van der Waals surface area contributed by atoms with Crippen molar-refractivity contribution in [2.24, 2.45) is 0 Å². The van der Waals surface area contributed by atoms with Gasteiger partial charge >= 0.3 is 6.03 Å². The Balaban J connectivity index is 1.63. The van der Waals surface area contributed by atoms with E-state index in [4.69, 9.17) is 4.42 Å². The maximum absolute atomic E-state index is 12.0. The summed E-state index contributed by atoms with van der Waals surface area (Å²) in [4.78, 5) is 12.8. The van der Waals surface area contributed by atoms with Crippen LogP contribution in [-0.2, 0) is 12.1 Å². The van der Waals surface area contributed by atoms with Crippen LogP contribution < -0.4 is 10.6 Å². The molecule has 0 spiro atoms. The van der Waals surface area contributed by atoms with E-state index < -0.39 is 5.60 Å². The number of aliphatic hydroxyl groups is 1. The number of benzene rings is 1. The molecule has 0 fully saturated rings. The number of carbonyl (C=O) groups is 1. The van der Waals surface area contributed by atoms with Gasteiger partial charge in [0.05, 0.1) is 19.1 Å². The largest absolute Gasteiger partial charge is 0.472 e. The number of thiophene rings is 1. The molecule has 2 heterocycles. The van der Waals surface area contributed by atoms with E-state index in [1.807, 2.05) is 47.8 Å². The first-order chi connectivity index (χ1) is 11.7. The quantitative estimate of drug-likeness (QED) is 0.644. The smallest absolute Gasteiger partial charge is 0.315 e. The Morgan fingerprint density at radius 1 is 1.12 bits per heavy atom. The van der Waals surface area contributed by atoms with Crippen molar-refractivity contribution in [1.29, 1.82) is 0 Å². The average Bonchev–Trinajstić information content (AvgIpc) is 3.32. The second-order valence-corrected chi connectivity index (χ2v) is 6.32. The van der Waals surface area contributed by atoms with Crippen molar-refractivity contribution in [3.8, 4) is 0 Å². The minimum Gasteiger partial charge on any atom is -0.472 e. The molecule has 1 unspecified atom stereocenters. The van der Waals surface area contributed by atoms with Gasteiger partial charge in [-0.25, -0.2) is 4.79 Å². The summed E-state index contributed by atoms with van der Waals surface area (Å²) in [6.45, 7) is 0.476. The third-order valence-electron chi connectivity index (χ3n) is 3.73. The summed E-state index contributed by atoms with van der Waals surface area (Å²) in [5.74, 6) is 0. The van der Waals surface area contributed by atoms with Crippen LogP contribution in [0.4, 0.5) is 4.79 Å². The predicted octanol–water partition coefficient (Wildman–Crippen LogP) is 3.08. The lowest BCUT2D eigenvalue weighted by Crippen LogP contribution is -2.44. The Morgan fingerprint density at radius 2 is 1.96 bits per heavy atom. The number of carbonyl (C=O) groups excluding carboxylic acids is 1. The summed E-state index contributed by atoms with van der Waals surface area (Å²) in [7, 11) is 0. The van der Waals surface area contributed by atoms with Gasteiger partial charge in [-0.3, -0.25) is 0 Å². The zero-order valence-corrected chi connectivity index (χ0v) is 13.8.